The smallest absolute Gasteiger partial charge is 0.317 e. The Morgan fingerprint density at radius 1 is 1.58 bits per heavy atom. The SMILES string of the molecule is CN(CC(=O)O)CC1CN(Cc2csc(-c3ccco3)n2)CCO1. The number of rotatable bonds is 7. The van der Waals surface area contributed by atoms with Crippen molar-refractivity contribution in [2.24, 2.45) is 0 Å². The first kappa shape index (κ1) is 17.1. The van der Waals surface area contributed by atoms with Crippen molar-refractivity contribution in [3.05, 3.63) is 29.5 Å². The van der Waals surface area contributed by atoms with Gasteiger partial charge in [0.1, 0.15) is 0 Å². The molecule has 0 radical (unpaired) electrons. The molecule has 0 bridgehead atoms. The highest BCUT2D eigenvalue weighted by Crippen LogP contribution is 2.24. The molecule has 0 spiro atoms. The van der Waals surface area contributed by atoms with E-state index >= 15 is 0 Å². The van der Waals surface area contributed by atoms with Crippen LogP contribution < -0.4 is 0 Å². The fourth-order valence-electron chi connectivity index (χ4n) is 2.80. The first-order valence-electron chi connectivity index (χ1n) is 7.82. The van der Waals surface area contributed by atoms with Gasteiger partial charge in [-0.05, 0) is 19.2 Å². The van der Waals surface area contributed by atoms with E-state index in [1.807, 2.05) is 12.1 Å². The predicted octanol–water partition coefficient (Wildman–Crippen LogP) is 1.62. The fraction of sp³-hybridized carbons (Fsp3) is 0.500. The van der Waals surface area contributed by atoms with Gasteiger partial charge in [0.15, 0.2) is 10.8 Å². The molecule has 24 heavy (non-hydrogen) atoms. The van der Waals surface area contributed by atoms with E-state index in [1.165, 1.54) is 0 Å². The lowest BCUT2D eigenvalue weighted by Gasteiger charge is -2.34. The van der Waals surface area contributed by atoms with Crippen molar-refractivity contribution in [2.75, 3.05) is 39.8 Å². The van der Waals surface area contributed by atoms with Crippen molar-refractivity contribution in [2.45, 2.75) is 12.6 Å². The summed E-state index contributed by atoms with van der Waals surface area (Å²) >= 11 is 1.58. The summed E-state index contributed by atoms with van der Waals surface area (Å²) in [6, 6.07) is 3.77. The molecule has 1 N–H and O–H groups in total. The molecule has 1 aliphatic rings. The highest BCUT2D eigenvalue weighted by molar-refractivity contribution is 7.13. The minimum absolute atomic E-state index is 0.0197. The second-order valence-electron chi connectivity index (χ2n) is 5.94. The summed E-state index contributed by atoms with van der Waals surface area (Å²) in [7, 11) is 1.80. The van der Waals surface area contributed by atoms with Crippen molar-refractivity contribution in [1.29, 1.82) is 0 Å². The maximum Gasteiger partial charge on any atom is 0.317 e. The van der Waals surface area contributed by atoms with Crippen LogP contribution in [0.25, 0.3) is 10.8 Å². The van der Waals surface area contributed by atoms with Gasteiger partial charge in [-0.2, -0.15) is 0 Å². The molecule has 0 aliphatic carbocycles. The summed E-state index contributed by atoms with van der Waals surface area (Å²) in [5.41, 5.74) is 1.02. The van der Waals surface area contributed by atoms with Crippen LogP contribution in [0.15, 0.2) is 28.2 Å². The summed E-state index contributed by atoms with van der Waals surface area (Å²) in [5, 5.41) is 11.8. The molecule has 130 valence electrons. The molecule has 0 amide bonds. The van der Waals surface area contributed by atoms with E-state index in [0.29, 0.717) is 13.2 Å². The molecule has 1 aliphatic heterocycles. The van der Waals surface area contributed by atoms with E-state index in [4.69, 9.17) is 14.3 Å². The summed E-state index contributed by atoms with van der Waals surface area (Å²) < 4.78 is 11.1. The Morgan fingerprint density at radius 2 is 2.46 bits per heavy atom. The number of hydrogen-bond donors (Lipinski definition) is 1. The number of hydrogen-bond acceptors (Lipinski definition) is 7. The number of carbonyl (C=O) groups is 1. The molecule has 2 aromatic heterocycles. The van der Waals surface area contributed by atoms with Gasteiger partial charge in [-0.25, -0.2) is 4.98 Å². The number of likely N-dealkylation sites (N-methyl/N-ethyl adjacent to an activating group) is 1. The van der Waals surface area contributed by atoms with Crippen LogP contribution in [0.4, 0.5) is 0 Å². The Labute approximate surface area is 144 Å². The number of ether oxygens (including phenoxy) is 1. The number of aliphatic carboxylic acids is 1. The Bertz CT molecular complexity index is 658. The van der Waals surface area contributed by atoms with Gasteiger partial charge in [0.25, 0.3) is 0 Å². The number of carboxylic acid groups (broad SMARTS) is 1. The number of furan rings is 1. The second kappa shape index (κ2) is 7.89. The van der Waals surface area contributed by atoms with Gasteiger partial charge >= 0.3 is 5.97 Å². The molecule has 1 saturated heterocycles. The normalized spacial score (nSPS) is 19.0. The van der Waals surface area contributed by atoms with E-state index < -0.39 is 5.97 Å². The third kappa shape index (κ3) is 4.64. The van der Waals surface area contributed by atoms with E-state index in [1.54, 1.807) is 29.5 Å². The molecular weight excluding hydrogens is 330 g/mol. The number of nitrogens with zero attached hydrogens (tertiary/aromatic N) is 3. The number of thiazole rings is 1. The molecule has 3 rings (SSSR count). The maximum absolute atomic E-state index is 10.7. The largest absolute Gasteiger partial charge is 0.480 e. The Morgan fingerprint density at radius 3 is 3.21 bits per heavy atom. The summed E-state index contributed by atoms with van der Waals surface area (Å²) in [6.45, 7) is 3.68. The highest BCUT2D eigenvalue weighted by Gasteiger charge is 2.23. The van der Waals surface area contributed by atoms with Crippen LogP contribution in [0, 0.1) is 0 Å². The third-order valence-electron chi connectivity index (χ3n) is 3.81. The van der Waals surface area contributed by atoms with Crippen LogP contribution in [0.5, 0.6) is 0 Å². The topological polar surface area (TPSA) is 79.0 Å². The second-order valence-corrected chi connectivity index (χ2v) is 6.80. The van der Waals surface area contributed by atoms with E-state index in [9.17, 15) is 4.79 Å². The van der Waals surface area contributed by atoms with Crippen LogP contribution in [-0.2, 0) is 16.1 Å². The van der Waals surface area contributed by atoms with Crippen LogP contribution in [0.3, 0.4) is 0 Å². The minimum atomic E-state index is -0.821. The van der Waals surface area contributed by atoms with Gasteiger partial charge in [-0.1, -0.05) is 0 Å². The molecule has 2 aromatic rings. The van der Waals surface area contributed by atoms with Crippen LogP contribution in [0.1, 0.15) is 5.69 Å². The summed E-state index contributed by atoms with van der Waals surface area (Å²) in [5.74, 6) is -0.0282. The lowest BCUT2D eigenvalue weighted by Crippen LogP contribution is -2.47. The van der Waals surface area contributed by atoms with E-state index in [-0.39, 0.29) is 12.6 Å². The zero-order valence-corrected chi connectivity index (χ0v) is 14.4. The molecule has 8 heteroatoms. The van der Waals surface area contributed by atoms with Crippen LogP contribution >= 0.6 is 11.3 Å². The summed E-state index contributed by atoms with van der Waals surface area (Å²) in [6.07, 6.45) is 1.67. The lowest BCUT2D eigenvalue weighted by atomic mass is 10.2. The summed E-state index contributed by atoms with van der Waals surface area (Å²) in [4.78, 5) is 19.4. The molecule has 0 aromatic carbocycles. The van der Waals surface area contributed by atoms with Gasteiger partial charge in [0.2, 0.25) is 0 Å². The molecule has 1 atom stereocenters. The van der Waals surface area contributed by atoms with Crippen LogP contribution in [0.2, 0.25) is 0 Å². The first-order valence-corrected chi connectivity index (χ1v) is 8.70. The Balaban J connectivity index is 1.53. The molecule has 1 fully saturated rings. The van der Waals surface area contributed by atoms with E-state index in [2.05, 4.69) is 15.3 Å². The average molecular weight is 351 g/mol. The number of carboxylic acids is 1. The lowest BCUT2D eigenvalue weighted by molar-refractivity contribution is -0.138. The maximum atomic E-state index is 10.7. The molecular formula is C16H21N3O4S. The van der Waals surface area contributed by atoms with Crippen molar-refractivity contribution in [3.63, 3.8) is 0 Å². The Kier molecular flexibility index (Phi) is 5.62. The fourth-order valence-corrected chi connectivity index (χ4v) is 3.58. The molecule has 1 unspecified atom stereocenters. The van der Waals surface area contributed by atoms with Gasteiger partial charge in [-0.15, -0.1) is 11.3 Å². The number of aromatic nitrogens is 1. The van der Waals surface area contributed by atoms with Gasteiger partial charge in [-0.3, -0.25) is 14.6 Å². The quantitative estimate of drug-likeness (QED) is 0.812. The monoisotopic (exact) mass is 351 g/mol. The Hall–Kier alpha value is -1.74. The highest BCUT2D eigenvalue weighted by atomic mass is 32.1. The van der Waals surface area contributed by atoms with Crippen molar-refractivity contribution in [1.82, 2.24) is 14.8 Å². The van der Waals surface area contributed by atoms with Crippen molar-refractivity contribution in [3.8, 4) is 10.8 Å². The van der Waals surface area contributed by atoms with Crippen molar-refractivity contribution < 1.29 is 19.1 Å². The molecule has 3 heterocycles. The van der Waals surface area contributed by atoms with Gasteiger partial charge < -0.3 is 14.3 Å². The van der Waals surface area contributed by atoms with Gasteiger partial charge in [0.05, 0.1) is 31.2 Å². The standard InChI is InChI=1S/C16H21N3O4S/c1-18(10-15(20)21)8-13-9-19(4-6-22-13)7-12-11-24-16(17-12)14-3-2-5-23-14/h2-3,5,11,13H,4,6-10H2,1H3,(H,20,21). The predicted molar refractivity (Wildman–Crippen MR) is 90.0 cm³/mol. The van der Waals surface area contributed by atoms with Crippen molar-refractivity contribution >= 4 is 17.3 Å². The van der Waals surface area contributed by atoms with E-state index in [0.717, 1.165) is 36.1 Å². The van der Waals surface area contributed by atoms with Crippen LogP contribution in [-0.4, -0.2) is 71.8 Å². The average Bonchev–Trinajstić information content (AvgIpc) is 3.17. The molecule has 0 saturated carbocycles. The minimum Gasteiger partial charge on any atom is -0.480 e. The molecule has 7 nitrogen and oxygen atoms in total. The number of morpholine rings is 1. The third-order valence-corrected chi connectivity index (χ3v) is 4.72. The zero-order valence-electron chi connectivity index (χ0n) is 13.6. The first-order chi connectivity index (χ1) is 11.6. The zero-order chi connectivity index (χ0) is 16.9. The van der Waals surface area contributed by atoms with Gasteiger partial charge in [0, 0.05) is 31.6 Å².